The lowest BCUT2D eigenvalue weighted by atomic mass is 10.2. The normalized spacial score (nSPS) is 14.6. The highest BCUT2D eigenvalue weighted by Gasteiger charge is 2.16. The monoisotopic (exact) mass is 187 g/mol. The minimum Gasteiger partial charge on any atom is -0.495 e. The van der Waals surface area contributed by atoms with E-state index in [9.17, 15) is 0 Å². The predicted molar refractivity (Wildman–Crippen MR) is 56.8 cm³/mol. The third kappa shape index (κ3) is 0.910. The number of hydrogen-bond donors (Lipinski definition) is 0. The molecule has 0 radical (unpaired) electrons. The number of benzene rings is 1. The van der Waals surface area contributed by atoms with E-state index < -0.39 is 0 Å². The molecule has 1 aromatic carbocycles. The number of hydrogen-bond acceptors (Lipinski definition) is 1. The summed E-state index contributed by atoms with van der Waals surface area (Å²) in [4.78, 5) is 0. The van der Waals surface area contributed by atoms with E-state index in [4.69, 9.17) is 4.74 Å². The van der Waals surface area contributed by atoms with Crippen molar-refractivity contribution in [3.05, 3.63) is 30.0 Å². The molecule has 0 amide bonds. The standard InChI is InChI=1S/C12H13NO/c1-14-11-6-2-4-9-8-10-5-3-7-13(10)12(9)11/h2,4,6,8H,3,5,7H2,1H3. The van der Waals surface area contributed by atoms with Crippen molar-refractivity contribution in [3.8, 4) is 5.75 Å². The van der Waals surface area contributed by atoms with Crippen LogP contribution in [0.25, 0.3) is 10.9 Å². The van der Waals surface area contributed by atoms with Gasteiger partial charge in [-0.15, -0.1) is 0 Å². The molecule has 2 heteroatoms. The Kier molecular flexibility index (Phi) is 1.57. The summed E-state index contributed by atoms with van der Waals surface area (Å²) in [5.41, 5.74) is 2.71. The molecule has 1 aliphatic heterocycles. The Morgan fingerprint density at radius 2 is 2.29 bits per heavy atom. The maximum absolute atomic E-state index is 5.39. The van der Waals surface area contributed by atoms with Gasteiger partial charge in [0, 0.05) is 17.6 Å². The van der Waals surface area contributed by atoms with Gasteiger partial charge >= 0.3 is 0 Å². The van der Waals surface area contributed by atoms with E-state index >= 15 is 0 Å². The van der Waals surface area contributed by atoms with Crippen LogP contribution in [0.4, 0.5) is 0 Å². The molecule has 1 aromatic heterocycles. The molecule has 0 N–H and O–H groups in total. The van der Waals surface area contributed by atoms with Gasteiger partial charge in [0.15, 0.2) is 0 Å². The van der Waals surface area contributed by atoms with Gasteiger partial charge in [0.1, 0.15) is 5.75 Å². The quantitative estimate of drug-likeness (QED) is 0.669. The zero-order valence-electron chi connectivity index (χ0n) is 8.29. The Morgan fingerprint density at radius 1 is 1.36 bits per heavy atom. The van der Waals surface area contributed by atoms with Gasteiger partial charge in [-0.05, 0) is 25.0 Å². The van der Waals surface area contributed by atoms with Crippen LogP contribution in [0.3, 0.4) is 0 Å². The van der Waals surface area contributed by atoms with Crippen LogP contribution in [0.5, 0.6) is 5.75 Å². The molecule has 2 heterocycles. The van der Waals surface area contributed by atoms with Crippen LogP contribution in [0, 0.1) is 0 Å². The van der Waals surface area contributed by atoms with E-state index in [1.54, 1.807) is 7.11 Å². The molecule has 0 atom stereocenters. The van der Waals surface area contributed by atoms with Crippen LogP contribution in [0.15, 0.2) is 24.3 Å². The van der Waals surface area contributed by atoms with Crippen molar-refractivity contribution in [2.75, 3.05) is 7.11 Å². The van der Waals surface area contributed by atoms with Crippen LogP contribution in [0.2, 0.25) is 0 Å². The second-order valence-electron chi connectivity index (χ2n) is 3.79. The smallest absolute Gasteiger partial charge is 0.143 e. The summed E-state index contributed by atoms with van der Waals surface area (Å²) in [5.74, 6) is 0.996. The highest BCUT2D eigenvalue weighted by Crippen LogP contribution is 2.32. The third-order valence-corrected chi connectivity index (χ3v) is 3.00. The second-order valence-corrected chi connectivity index (χ2v) is 3.79. The van der Waals surface area contributed by atoms with Crippen molar-refractivity contribution >= 4 is 10.9 Å². The maximum Gasteiger partial charge on any atom is 0.143 e. The number of nitrogens with zero attached hydrogens (tertiary/aromatic N) is 1. The number of ether oxygens (including phenoxy) is 1. The second kappa shape index (κ2) is 2.77. The van der Waals surface area contributed by atoms with E-state index in [2.05, 4.69) is 22.8 Å². The van der Waals surface area contributed by atoms with Gasteiger partial charge < -0.3 is 9.30 Å². The average molecular weight is 187 g/mol. The molecule has 0 spiro atoms. The Bertz CT molecular complexity index is 484. The first kappa shape index (κ1) is 7.92. The van der Waals surface area contributed by atoms with Gasteiger partial charge in [0.25, 0.3) is 0 Å². The summed E-state index contributed by atoms with van der Waals surface area (Å²) in [6.07, 6.45) is 2.47. The molecule has 0 fully saturated rings. The van der Waals surface area contributed by atoms with Crippen molar-refractivity contribution in [2.45, 2.75) is 19.4 Å². The highest BCUT2D eigenvalue weighted by molar-refractivity contribution is 5.87. The number of aromatic nitrogens is 1. The molecular formula is C12H13NO. The van der Waals surface area contributed by atoms with Crippen molar-refractivity contribution in [3.63, 3.8) is 0 Å². The number of aryl methyl sites for hydroxylation is 2. The first-order chi connectivity index (χ1) is 6.90. The SMILES string of the molecule is COc1cccc2cc3n(c12)CCC3. The molecule has 0 aliphatic carbocycles. The van der Waals surface area contributed by atoms with Crippen molar-refractivity contribution in [2.24, 2.45) is 0 Å². The fourth-order valence-electron chi connectivity index (χ4n) is 2.39. The minimum atomic E-state index is 0.996. The first-order valence-electron chi connectivity index (χ1n) is 5.05. The third-order valence-electron chi connectivity index (χ3n) is 3.00. The Balaban J connectivity index is 2.39. The molecule has 2 aromatic rings. The molecule has 0 saturated heterocycles. The zero-order chi connectivity index (χ0) is 9.54. The largest absolute Gasteiger partial charge is 0.495 e. The predicted octanol–water partition coefficient (Wildman–Crippen LogP) is 2.60. The van der Waals surface area contributed by atoms with Gasteiger partial charge in [0.2, 0.25) is 0 Å². The van der Waals surface area contributed by atoms with Crippen molar-refractivity contribution in [1.82, 2.24) is 4.57 Å². The van der Waals surface area contributed by atoms with Gasteiger partial charge in [-0.2, -0.15) is 0 Å². The Morgan fingerprint density at radius 3 is 3.14 bits per heavy atom. The summed E-state index contributed by atoms with van der Waals surface area (Å²) in [6.45, 7) is 1.14. The molecule has 72 valence electrons. The number of rotatable bonds is 1. The van der Waals surface area contributed by atoms with Crippen molar-refractivity contribution in [1.29, 1.82) is 0 Å². The molecule has 3 rings (SSSR count). The lowest BCUT2D eigenvalue weighted by molar-refractivity contribution is 0.417. The van der Waals surface area contributed by atoms with Gasteiger partial charge in [0.05, 0.1) is 12.6 Å². The molecule has 14 heavy (non-hydrogen) atoms. The van der Waals surface area contributed by atoms with Gasteiger partial charge in [-0.25, -0.2) is 0 Å². The van der Waals surface area contributed by atoms with E-state index in [-0.39, 0.29) is 0 Å². The average Bonchev–Trinajstić information content (AvgIpc) is 2.75. The molecular weight excluding hydrogens is 174 g/mol. The van der Waals surface area contributed by atoms with Crippen LogP contribution in [0.1, 0.15) is 12.1 Å². The summed E-state index contributed by atoms with van der Waals surface area (Å²) in [7, 11) is 1.74. The summed E-state index contributed by atoms with van der Waals surface area (Å²) >= 11 is 0. The lowest BCUT2D eigenvalue weighted by Gasteiger charge is -2.05. The summed E-state index contributed by atoms with van der Waals surface area (Å²) < 4.78 is 7.77. The van der Waals surface area contributed by atoms with Crippen LogP contribution < -0.4 is 4.74 Å². The van der Waals surface area contributed by atoms with Crippen molar-refractivity contribution < 1.29 is 4.74 Å². The van der Waals surface area contributed by atoms with Crippen LogP contribution in [-0.2, 0) is 13.0 Å². The minimum absolute atomic E-state index is 0.996. The van der Waals surface area contributed by atoms with E-state index in [0.717, 1.165) is 12.3 Å². The highest BCUT2D eigenvalue weighted by atomic mass is 16.5. The molecule has 0 saturated carbocycles. The number of fused-ring (bicyclic) bond motifs is 3. The molecule has 0 unspecified atom stereocenters. The zero-order valence-corrected chi connectivity index (χ0v) is 8.29. The summed E-state index contributed by atoms with van der Waals surface area (Å²) in [5, 5.41) is 1.30. The van der Waals surface area contributed by atoms with E-state index in [1.807, 2.05) is 6.07 Å². The fourth-order valence-corrected chi connectivity index (χ4v) is 2.39. The molecule has 1 aliphatic rings. The maximum atomic E-state index is 5.39. The summed E-state index contributed by atoms with van der Waals surface area (Å²) in [6, 6.07) is 8.53. The van der Waals surface area contributed by atoms with Crippen LogP contribution in [-0.4, -0.2) is 11.7 Å². The first-order valence-corrected chi connectivity index (χ1v) is 5.05. The Hall–Kier alpha value is -1.44. The number of para-hydroxylation sites is 1. The van der Waals surface area contributed by atoms with Gasteiger partial charge in [-0.3, -0.25) is 0 Å². The Labute approximate surface area is 83.1 Å². The van der Waals surface area contributed by atoms with Crippen LogP contribution >= 0.6 is 0 Å². The van der Waals surface area contributed by atoms with Gasteiger partial charge in [-0.1, -0.05) is 12.1 Å². The van der Waals surface area contributed by atoms with E-state index in [1.165, 1.54) is 29.4 Å². The molecule has 0 bridgehead atoms. The van der Waals surface area contributed by atoms with E-state index in [0.29, 0.717) is 0 Å². The number of methoxy groups -OCH3 is 1. The fraction of sp³-hybridized carbons (Fsp3) is 0.333. The molecule has 2 nitrogen and oxygen atoms in total. The topological polar surface area (TPSA) is 14.2 Å². The lowest BCUT2D eigenvalue weighted by Crippen LogP contribution is -1.94.